The predicted octanol–water partition coefficient (Wildman–Crippen LogP) is 4.22. The van der Waals surface area contributed by atoms with Gasteiger partial charge in [0.05, 0.1) is 0 Å². The highest BCUT2D eigenvalue weighted by Gasteiger charge is 2.27. The highest BCUT2D eigenvalue weighted by Crippen LogP contribution is 2.23. The van der Waals surface area contributed by atoms with Crippen LogP contribution in [-0.2, 0) is 11.2 Å². The molecule has 3 rings (SSSR count). The van der Waals surface area contributed by atoms with E-state index in [1.54, 1.807) is 0 Å². The van der Waals surface area contributed by atoms with Crippen molar-refractivity contribution in [3.8, 4) is 0 Å². The second kappa shape index (κ2) is 6.86. The Kier molecular flexibility index (Phi) is 4.65. The summed E-state index contributed by atoms with van der Waals surface area (Å²) >= 11 is 0. The highest BCUT2D eigenvalue weighted by atomic mass is 16.2. The SMILES string of the molecule is C=CC[C@@H]1CC=C[C@@H](C)N1C(=O)CCc1c[nH]c2ccccc12. The zero-order chi connectivity index (χ0) is 16.2. The van der Waals surface area contributed by atoms with Crippen molar-refractivity contribution in [1.29, 1.82) is 0 Å². The number of hydrogen-bond donors (Lipinski definition) is 1. The Bertz CT molecular complexity index is 728. The van der Waals surface area contributed by atoms with Crippen LogP contribution in [0.5, 0.6) is 0 Å². The summed E-state index contributed by atoms with van der Waals surface area (Å²) in [5, 5.41) is 1.22. The van der Waals surface area contributed by atoms with E-state index >= 15 is 0 Å². The van der Waals surface area contributed by atoms with Crippen molar-refractivity contribution in [2.45, 2.75) is 44.7 Å². The molecule has 1 aliphatic heterocycles. The third-order valence-electron chi connectivity index (χ3n) is 4.66. The number of amides is 1. The van der Waals surface area contributed by atoms with Gasteiger partial charge < -0.3 is 9.88 Å². The molecule has 120 valence electrons. The molecule has 0 unspecified atom stereocenters. The van der Waals surface area contributed by atoms with Gasteiger partial charge in [-0.15, -0.1) is 6.58 Å². The number of aromatic nitrogens is 1. The van der Waals surface area contributed by atoms with Crippen molar-refractivity contribution in [2.24, 2.45) is 0 Å². The number of hydrogen-bond acceptors (Lipinski definition) is 1. The van der Waals surface area contributed by atoms with Crippen LogP contribution in [0.15, 0.2) is 55.3 Å². The first-order valence-electron chi connectivity index (χ1n) is 8.34. The fourth-order valence-electron chi connectivity index (χ4n) is 3.51. The minimum absolute atomic E-state index is 0.171. The van der Waals surface area contributed by atoms with Gasteiger partial charge in [-0.25, -0.2) is 0 Å². The number of carbonyl (C=O) groups excluding carboxylic acids is 1. The van der Waals surface area contributed by atoms with Crippen molar-refractivity contribution >= 4 is 16.8 Å². The first-order chi connectivity index (χ1) is 11.2. The lowest BCUT2D eigenvalue weighted by Gasteiger charge is -2.37. The van der Waals surface area contributed by atoms with Crippen LogP contribution in [0.2, 0.25) is 0 Å². The maximum atomic E-state index is 12.8. The van der Waals surface area contributed by atoms with Crippen LogP contribution in [0, 0.1) is 0 Å². The van der Waals surface area contributed by atoms with Gasteiger partial charge in [-0.3, -0.25) is 4.79 Å². The van der Waals surface area contributed by atoms with Crippen LogP contribution in [-0.4, -0.2) is 27.9 Å². The molecule has 23 heavy (non-hydrogen) atoms. The van der Waals surface area contributed by atoms with Gasteiger partial charge in [-0.1, -0.05) is 36.4 Å². The summed E-state index contributed by atoms with van der Waals surface area (Å²) in [6.07, 6.45) is 11.4. The first-order valence-corrected chi connectivity index (χ1v) is 8.34. The number of fused-ring (bicyclic) bond motifs is 1. The normalized spacial score (nSPS) is 20.8. The van der Waals surface area contributed by atoms with E-state index in [4.69, 9.17) is 0 Å². The van der Waals surface area contributed by atoms with Crippen LogP contribution < -0.4 is 0 Å². The van der Waals surface area contributed by atoms with E-state index in [1.165, 1.54) is 10.9 Å². The molecular weight excluding hydrogens is 284 g/mol. The average molecular weight is 308 g/mol. The molecular formula is C20H24N2O. The summed E-state index contributed by atoms with van der Waals surface area (Å²) in [6, 6.07) is 8.66. The van der Waals surface area contributed by atoms with Crippen molar-refractivity contribution < 1.29 is 4.79 Å². The van der Waals surface area contributed by atoms with E-state index in [2.05, 4.69) is 42.8 Å². The van der Waals surface area contributed by atoms with Crippen LogP contribution in [0.25, 0.3) is 10.9 Å². The van der Waals surface area contributed by atoms with E-state index in [0.29, 0.717) is 6.42 Å². The number of para-hydroxylation sites is 1. The second-order valence-electron chi connectivity index (χ2n) is 6.24. The van der Waals surface area contributed by atoms with Gasteiger partial charge in [0, 0.05) is 35.6 Å². The fourth-order valence-corrected chi connectivity index (χ4v) is 3.51. The molecule has 0 bridgehead atoms. The zero-order valence-electron chi connectivity index (χ0n) is 13.7. The molecule has 3 nitrogen and oxygen atoms in total. The van der Waals surface area contributed by atoms with E-state index in [9.17, 15) is 4.79 Å². The lowest BCUT2D eigenvalue weighted by molar-refractivity contribution is -0.135. The highest BCUT2D eigenvalue weighted by molar-refractivity contribution is 5.84. The summed E-state index contributed by atoms with van der Waals surface area (Å²) in [5.41, 5.74) is 2.35. The van der Waals surface area contributed by atoms with E-state index in [0.717, 1.165) is 24.8 Å². The largest absolute Gasteiger partial charge is 0.361 e. The minimum Gasteiger partial charge on any atom is -0.361 e. The molecule has 2 aromatic rings. The third-order valence-corrected chi connectivity index (χ3v) is 4.66. The lowest BCUT2D eigenvalue weighted by Crippen LogP contribution is -2.46. The Balaban J connectivity index is 1.70. The van der Waals surface area contributed by atoms with Crippen molar-refractivity contribution in [3.05, 3.63) is 60.8 Å². The quantitative estimate of drug-likeness (QED) is 0.825. The average Bonchev–Trinajstić information content (AvgIpc) is 2.96. The number of nitrogens with zero attached hydrogens (tertiary/aromatic N) is 1. The molecule has 1 N–H and O–H groups in total. The summed E-state index contributed by atoms with van der Waals surface area (Å²) in [4.78, 5) is 18.1. The number of H-pyrrole nitrogens is 1. The Labute approximate surface area is 137 Å². The number of nitrogens with one attached hydrogen (secondary N) is 1. The first kappa shape index (κ1) is 15.6. The van der Waals surface area contributed by atoms with E-state index in [-0.39, 0.29) is 18.0 Å². The lowest BCUT2D eigenvalue weighted by atomic mass is 9.99. The molecule has 1 aromatic heterocycles. The molecule has 0 radical (unpaired) electrons. The number of aryl methyl sites for hydroxylation is 1. The van der Waals surface area contributed by atoms with Crippen LogP contribution in [0.1, 0.15) is 31.7 Å². The van der Waals surface area contributed by atoms with E-state index in [1.807, 2.05) is 29.3 Å². The number of benzene rings is 1. The van der Waals surface area contributed by atoms with Crippen LogP contribution in [0.3, 0.4) is 0 Å². The van der Waals surface area contributed by atoms with Gasteiger partial charge in [0.25, 0.3) is 0 Å². The number of rotatable bonds is 5. The Morgan fingerprint density at radius 2 is 2.26 bits per heavy atom. The minimum atomic E-state index is 0.171. The van der Waals surface area contributed by atoms with Crippen molar-refractivity contribution in [2.75, 3.05) is 0 Å². The molecule has 0 saturated heterocycles. The summed E-state index contributed by atoms with van der Waals surface area (Å²) in [7, 11) is 0. The summed E-state index contributed by atoms with van der Waals surface area (Å²) in [6.45, 7) is 5.92. The van der Waals surface area contributed by atoms with Gasteiger partial charge in [0.1, 0.15) is 0 Å². The Morgan fingerprint density at radius 3 is 3.09 bits per heavy atom. The predicted molar refractivity (Wildman–Crippen MR) is 95.3 cm³/mol. The van der Waals surface area contributed by atoms with Gasteiger partial charge >= 0.3 is 0 Å². The maximum Gasteiger partial charge on any atom is 0.223 e. The number of aromatic amines is 1. The standard InChI is InChI=1S/C20H24N2O/c1-3-7-17-9-6-8-15(2)22(17)20(23)13-12-16-14-21-19-11-5-4-10-18(16)19/h3-6,8,10-11,14-15,17,21H,1,7,9,12-13H2,2H3/t15-,17-/m1/s1. The van der Waals surface area contributed by atoms with Gasteiger partial charge in [-0.05, 0) is 37.8 Å². The van der Waals surface area contributed by atoms with Crippen molar-refractivity contribution in [1.82, 2.24) is 9.88 Å². The molecule has 1 amide bonds. The summed E-state index contributed by atoms with van der Waals surface area (Å²) < 4.78 is 0. The zero-order valence-corrected chi connectivity index (χ0v) is 13.7. The van der Waals surface area contributed by atoms with Gasteiger partial charge in [-0.2, -0.15) is 0 Å². The smallest absolute Gasteiger partial charge is 0.223 e. The maximum absolute atomic E-state index is 12.8. The molecule has 3 heteroatoms. The number of carbonyl (C=O) groups is 1. The van der Waals surface area contributed by atoms with Gasteiger partial charge in [0.15, 0.2) is 0 Å². The topological polar surface area (TPSA) is 36.1 Å². The molecule has 2 heterocycles. The molecule has 1 aromatic carbocycles. The van der Waals surface area contributed by atoms with E-state index < -0.39 is 0 Å². The third kappa shape index (κ3) is 3.24. The summed E-state index contributed by atoms with van der Waals surface area (Å²) in [5.74, 6) is 0.235. The van der Waals surface area contributed by atoms with Gasteiger partial charge in [0.2, 0.25) is 5.91 Å². The fraction of sp³-hybridized carbons (Fsp3) is 0.350. The molecule has 1 aliphatic rings. The Hall–Kier alpha value is -2.29. The van der Waals surface area contributed by atoms with Crippen molar-refractivity contribution in [3.63, 3.8) is 0 Å². The molecule has 0 aliphatic carbocycles. The molecule has 0 saturated carbocycles. The monoisotopic (exact) mass is 308 g/mol. The molecule has 0 fully saturated rings. The van der Waals surface area contributed by atoms with Crippen LogP contribution in [0.4, 0.5) is 0 Å². The second-order valence-corrected chi connectivity index (χ2v) is 6.24. The molecule has 0 spiro atoms. The Morgan fingerprint density at radius 1 is 1.43 bits per heavy atom. The molecule has 2 atom stereocenters. The van der Waals surface area contributed by atoms with Crippen LogP contribution >= 0.6 is 0 Å².